The van der Waals surface area contributed by atoms with Crippen molar-refractivity contribution in [3.8, 4) is 17.2 Å². The molecule has 0 unspecified atom stereocenters. The normalized spacial score (nSPS) is 10.6. The second-order valence-corrected chi connectivity index (χ2v) is 6.92. The van der Waals surface area contributed by atoms with Gasteiger partial charge in [0.25, 0.3) is 0 Å². The highest BCUT2D eigenvalue weighted by atomic mass is 16.5. The van der Waals surface area contributed by atoms with Crippen LogP contribution in [0.3, 0.4) is 0 Å². The molecule has 0 aliphatic rings. The zero-order valence-electron chi connectivity index (χ0n) is 17.4. The van der Waals surface area contributed by atoms with E-state index in [-0.39, 0.29) is 5.91 Å². The molecule has 0 saturated heterocycles. The van der Waals surface area contributed by atoms with Crippen LogP contribution in [0, 0.1) is 0 Å². The van der Waals surface area contributed by atoms with Crippen LogP contribution in [0.5, 0.6) is 17.2 Å². The molecule has 0 bridgehead atoms. The molecule has 5 heteroatoms. The van der Waals surface area contributed by atoms with Crippen molar-refractivity contribution in [1.82, 2.24) is 4.90 Å². The SMILES string of the molecule is COc1cc(CCC(=O)N(C)Cc2cccc3ccccc23)cc(OC)c1OC. The molecule has 0 spiro atoms. The highest BCUT2D eigenvalue weighted by molar-refractivity contribution is 5.86. The van der Waals surface area contributed by atoms with Crippen molar-refractivity contribution in [1.29, 1.82) is 0 Å². The summed E-state index contributed by atoms with van der Waals surface area (Å²) in [6, 6.07) is 18.2. The first-order valence-corrected chi connectivity index (χ1v) is 9.57. The summed E-state index contributed by atoms with van der Waals surface area (Å²) in [4.78, 5) is 14.5. The third-order valence-corrected chi connectivity index (χ3v) is 5.07. The number of benzene rings is 3. The van der Waals surface area contributed by atoms with E-state index in [1.165, 1.54) is 10.8 Å². The summed E-state index contributed by atoms with van der Waals surface area (Å²) in [6.45, 7) is 0.579. The second-order valence-electron chi connectivity index (χ2n) is 6.92. The predicted octanol–water partition coefficient (Wildman–Crippen LogP) is 4.46. The maximum atomic E-state index is 12.7. The predicted molar refractivity (Wildman–Crippen MR) is 115 cm³/mol. The lowest BCUT2D eigenvalue weighted by Gasteiger charge is -2.19. The number of methoxy groups -OCH3 is 3. The number of ether oxygens (including phenoxy) is 3. The Labute approximate surface area is 171 Å². The molecule has 0 heterocycles. The molecule has 0 aliphatic heterocycles. The number of aryl methyl sites for hydroxylation is 1. The van der Waals surface area contributed by atoms with Gasteiger partial charge in [-0.3, -0.25) is 4.79 Å². The lowest BCUT2D eigenvalue weighted by atomic mass is 10.0. The van der Waals surface area contributed by atoms with E-state index in [0.717, 1.165) is 11.1 Å². The fraction of sp³-hybridized carbons (Fsp3) is 0.292. The molecule has 3 aromatic carbocycles. The average Bonchev–Trinajstić information content (AvgIpc) is 2.76. The third-order valence-electron chi connectivity index (χ3n) is 5.07. The molecule has 3 aromatic rings. The van der Waals surface area contributed by atoms with Crippen molar-refractivity contribution in [3.05, 3.63) is 65.7 Å². The summed E-state index contributed by atoms with van der Waals surface area (Å²) < 4.78 is 16.1. The number of hydrogen-bond donors (Lipinski definition) is 0. The number of amides is 1. The molecule has 0 fully saturated rings. The van der Waals surface area contributed by atoms with Crippen LogP contribution in [-0.4, -0.2) is 39.2 Å². The van der Waals surface area contributed by atoms with Crippen LogP contribution >= 0.6 is 0 Å². The Hall–Kier alpha value is -3.21. The Morgan fingerprint density at radius 1 is 0.897 bits per heavy atom. The van der Waals surface area contributed by atoms with Gasteiger partial charge in [0.15, 0.2) is 11.5 Å². The highest BCUT2D eigenvalue weighted by Crippen LogP contribution is 2.38. The number of nitrogens with zero attached hydrogens (tertiary/aromatic N) is 1. The first kappa shape index (κ1) is 20.5. The first-order valence-electron chi connectivity index (χ1n) is 9.57. The molecule has 29 heavy (non-hydrogen) atoms. The Morgan fingerprint density at radius 2 is 1.55 bits per heavy atom. The number of carbonyl (C=O) groups is 1. The van der Waals surface area contributed by atoms with Crippen molar-refractivity contribution in [3.63, 3.8) is 0 Å². The zero-order chi connectivity index (χ0) is 20.8. The highest BCUT2D eigenvalue weighted by Gasteiger charge is 2.15. The van der Waals surface area contributed by atoms with E-state index in [0.29, 0.717) is 36.6 Å². The number of rotatable bonds is 8. The molecule has 0 saturated carbocycles. The van der Waals surface area contributed by atoms with Gasteiger partial charge in [0.2, 0.25) is 11.7 Å². The summed E-state index contributed by atoms with van der Waals surface area (Å²) in [6.07, 6.45) is 0.995. The lowest BCUT2D eigenvalue weighted by molar-refractivity contribution is -0.130. The monoisotopic (exact) mass is 393 g/mol. The van der Waals surface area contributed by atoms with E-state index in [1.54, 1.807) is 26.2 Å². The average molecular weight is 393 g/mol. The number of hydrogen-bond acceptors (Lipinski definition) is 4. The standard InChI is InChI=1S/C24H27NO4/c1-25(16-19-10-7-9-18-8-5-6-11-20(18)19)23(26)13-12-17-14-21(27-2)24(29-4)22(15-17)28-3/h5-11,14-15H,12-13,16H2,1-4H3. The fourth-order valence-electron chi connectivity index (χ4n) is 3.50. The third kappa shape index (κ3) is 4.62. The van der Waals surface area contributed by atoms with Crippen LogP contribution in [0.4, 0.5) is 0 Å². The van der Waals surface area contributed by atoms with Crippen molar-refractivity contribution in [2.45, 2.75) is 19.4 Å². The van der Waals surface area contributed by atoms with E-state index >= 15 is 0 Å². The molecular formula is C24H27NO4. The summed E-state index contributed by atoms with van der Waals surface area (Å²) in [5, 5.41) is 2.36. The van der Waals surface area contributed by atoms with Crippen LogP contribution in [0.25, 0.3) is 10.8 Å². The van der Waals surface area contributed by atoms with Crippen molar-refractivity contribution in [2.24, 2.45) is 0 Å². The van der Waals surface area contributed by atoms with Gasteiger partial charge in [-0.1, -0.05) is 42.5 Å². The van der Waals surface area contributed by atoms with Crippen LogP contribution in [0.1, 0.15) is 17.5 Å². The maximum Gasteiger partial charge on any atom is 0.222 e. The minimum absolute atomic E-state index is 0.0895. The van der Waals surface area contributed by atoms with E-state index in [9.17, 15) is 4.79 Å². The van der Waals surface area contributed by atoms with Gasteiger partial charge in [0, 0.05) is 20.0 Å². The summed E-state index contributed by atoms with van der Waals surface area (Å²) >= 11 is 0. The molecule has 5 nitrogen and oxygen atoms in total. The Bertz CT molecular complexity index is 969. The smallest absolute Gasteiger partial charge is 0.222 e. The molecular weight excluding hydrogens is 366 g/mol. The van der Waals surface area contributed by atoms with Crippen molar-refractivity contribution < 1.29 is 19.0 Å². The van der Waals surface area contributed by atoms with Crippen LogP contribution in [0.2, 0.25) is 0 Å². The van der Waals surface area contributed by atoms with Gasteiger partial charge in [-0.2, -0.15) is 0 Å². The first-order chi connectivity index (χ1) is 14.1. The topological polar surface area (TPSA) is 48.0 Å². The second kappa shape index (κ2) is 9.32. The van der Waals surface area contributed by atoms with Gasteiger partial charge in [0.1, 0.15) is 0 Å². The molecule has 0 N–H and O–H groups in total. The van der Waals surface area contributed by atoms with Crippen molar-refractivity contribution in [2.75, 3.05) is 28.4 Å². The number of carbonyl (C=O) groups excluding carboxylic acids is 1. The zero-order valence-corrected chi connectivity index (χ0v) is 17.4. The van der Waals surface area contributed by atoms with Crippen LogP contribution in [-0.2, 0) is 17.8 Å². The quantitative estimate of drug-likeness (QED) is 0.567. The molecule has 3 rings (SSSR count). The molecule has 0 atom stereocenters. The molecule has 152 valence electrons. The molecule has 1 amide bonds. The maximum absolute atomic E-state index is 12.7. The Balaban J connectivity index is 1.69. The molecule has 0 aliphatic carbocycles. The van der Waals surface area contributed by atoms with Gasteiger partial charge in [-0.05, 0) is 40.5 Å². The van der Waals surface area contributed by atoms with E-state index < -0.39 is 0 Å². The van der Waals surface area contributed by atoms with E-state index in [1.807, 2.05) is 37.4 Å². The minimum Gasteiger partial charge on any atom is -0.493 e. The van der Waals surface area contributed by atoms with E-state index in [2.05, 4.69) is 24.3 Å². The van der Waals surface area contributed by atoms with Gasteiger partial charge < -0.3 is 19.1 Å². The largest absolute Gasteiger partial charge is 0.493 e. The summed E-state index contributed by atoms with van der Waals surface area (Å²) in [5.74, 6) is 1.83. The summed E-state index contributed by atoms with van der Waals surface area (Å²) in [7, 11) is 6.60. The summed E-state index contributed by atoms with van der Waals surface area (Å²) in [5.41, 5.74) is 2.11. The Kier molecular flexibility index (Phi) is 6.60. The van der Waals surface area contributed by atoms with Gasteiger partial charge in [-0.25, -0.2) is 0 Å². The lowest BCUT2D eigenvalue weighted by Crippen LogP contribution is -2.26. The van der Waals surface area contributed by atoms with Crippen LogP contribution < -0.4 is 14.2 Å². The van der Waals surface area contributed by atoms with Crippen molar-refractivity contribution >= 4 is 16.7 Å². The van der Waals surface area contributed by atoms with Gasteiger partial charge in [0.05, 0.1) is 21.3 Å². The van der Waals surface area contributed by atoms with E-state index in [4.69, 9.17) is 14.2 Å². The Morgan fingerprint density at radius 3 is 2.21 bits per heavy atom. The number of fused-ring (bicyclic) bond motifs is 1. The van der Waals surface area contributed by atoms with Gasteiger partial charge >= 0.3 is 0 Å². The fourth-order valence-corrected chi connectivity index (χ4v) is 3.50. The van der Waals surface area contributed by atoms with Gasteiger partial charge in [-0.15, -0.1) is 0 Å². The molecule has 0 radical (unpaired) electrons. The minimum atomic E-state index is 0.0895. The molecule has 0 aromatic heterocycles. The van der Waals surface area contributed by atoms with Crippen LogP contribution in [0.15, 0.2) is 54.6 Å².